The maximum atomic E-state index is 4.58. The van der Waals surface area contributed by atoms with Gasteiger partial charge in [-0.15, -0.1) is 0 Å². The van der Waals surface area contributed by atoms with Crippen molar-refractivity contribution in [2.24, 2.45) is 0 Å². The van der Waals surface area contributed by atoms with Crippen molar-refractivity contribution in [3.63, 3.8) is 0 Å². The minimum atomic E-state index is -0.0539. The normalized spacial score (nSPS) is 11.6. The molecule has 0 unspecified atom stereocenters. The number of nitrogens with one attached hydrogen (secondary N) is 1. The topological polar surface area (TPSA) is 55.6 Å². The van der Waals surface area contributed by atoms with E-state index < -0.39 is 0 Å². The van der Waals surface area contributed by atoms with Gasteiger partial charge < -0.3 is 9.88 Å². The highest BCUT2D eigenvalue weighted by Gasteiger charge is 2.18. The quantitative estimate of drug-likeness (QED) is 0.637. The molecule has 0 aliphatic heterocycles. The Kier molecular flexibility index (Phi) is 5.33. The van der Waals surface area contributed by atoms with E-state index in [1.807, 2.05) is 24.8 Å². The van der Waals surface area contributed by atoms with Crippen molar-refractivity contribution < 1.29 is 0 Å². The maximum Gasteiger partial charge on any atom is 0.137 e. The summed E-state index contributed by atoms with van der Waals surface area (Å²) in [4.78, 5) is 13.1. The number of unbranched alkanes of at least 4 members (excludes halogenated alkanes) is 1. The Bertz CT molecular complexity index is 560. The van der Waals surface area contributed by atoms with E-state index in [4.69, 9.17) is 0 Å². The summed E-state index contributed by atoms with van der Waals surface area (Å²) in [6.07, 6.45) is 7.85. The van der Waals surface area contributed by atoms with Crippen LogP contribution in [0.15, 0.2) is 29.4 Å². The molecule has 0 spiro atoms. The predicted octanol–water partition coefficient (Wildman–Crippen LogP) is 3.63. The fraction of sp³-hybridized carbons (Fsp3) is 0.533. The molecule has 0 aliphatic carbocycles. The molecular formula is C15H22BrN5. The van der Waals surface area contributed by atoms with E-state index >= 15 is 0 Å². The number of aryl methyl sites for hydroxylation is 1. The van der Waals surface area contributed by atoms with Crippen LogP contribution in [-0.2, 0) is 12.0 Å². The number of aromatic nitrogens is 4. The zero-order valence-electron chi connectivity index (χ0n) is 12.8. The Morgan fingerprint density at radius 1 is 1.24 bits per heavy atom. The van der Waals surface area contributed by atoms with E-state index in [9.17, 15) is 0 Å². The molecule has 2 aromatic rings. The third-order valence-electron chi connectivity index (χ3n) is 3.07. The van der Waals surface area contributed by atoms with Crippen LogP contribution in [0.1, 0.15) is 39.4 Å². The molecule has 1 N–H and O–H groups in total. The highest BCUT2D eigenvalue weighted by Crippen LogP contribution is 2.22. The van der Waals surface area contributed by atoms with E-state index in [0.29, 0.717) is 0 Å². The van der Waals surface area contributed by atoms with Crippen LogP contribution in [0.2, 0.25) is 0 Å². The first-order chi connectivity index (χ1) is 9.95. The van der Waals surface area contributed by atoms with E-state index in [1.165, 1.54) is 0 Å². The van der Waals surface area contributed by atoms with Crippen molar-refractivity contribution in [3.8, 4) is 0 Å². The summed E-state index contributed by atoms with van der Waals surface area (Å²) in [5.41, 5.74) is -0.0539. The molecule has 5 nitrogen and oxygen atoms in total. The van der Waals surface area contributed by atoms with E-state index in [2.05, 4.69) is 61.5 Å². The molecule has 0 saturated heterocycles. The average molecular weight is 352 g/mol. The Hall–Kier alpha value is -1.43. The van der Waals surface area contributed by atoms with Gasteiger partial charge in [0, 0.05) is 37.0 Å². The first-order valence-corrected chi connectivity index (χ1v) is 7.99. The minimum Gasteiger partial charge on any atom is -0.370 e. The van der Waals surface area contributed by atoms with Gasteiger partial charge in [-0.3, -0.25) is 0 Å². The zero-order chi connectivity index (χ0) is 15.3. The van der Waals surface area contributed by atoms with Gasteiger partial charge in [-0.2, -0.15) is 0 Å². The second kappa shape index (κ2) is 7.02. The summed E-state index contributed by atoms with van der Waals surface area (Å²) >= 11 is 3.45. The third-order valence-corrected chi connectivity index (χ3v) is 3.48. The van der Waals surface area contributed by atoms with Crippen molar-refractivity contribution in [2.75, 3.05) is 11.9 Å². The second-order valence-corrected chi connectivity index (χ2v) is 6.90. The highest BCUT2D eigenvalue weighted by molar-refractivity contribution is 9.10. The van der Waals surface area contributed by atoms with Gasteiger partial charge in [0.25, 0.3) is 0 Å². The summed E-state index contributed by atoms with van der Waals surface area (Å²) in [6, 6.07) is 1.92. The molecule has 0 radical (unpaired) electrons. The van der Waals surface area contributed by atoms with Crippen LogP contribution in [0.4, 0.5) is 5.82 Å². The average Bonchev–Trinajstić information content (AvgIpc) is 2.90. The van der Waals surface area contributed by atoms with Crippen LogP contribution >= 0.6 is 15.9 Å². The Labute approximate surface area is 134 Å². The van der Waals surface area contributed by atoms with Gasteiger partial charge in [-0.1, -0.05) is 20.8 Å². The van der Waals surface area contributed by atoms with Gasteiger partial charge in [0.05, 0.1) is 6.33 Å². The van der Waals surface area contributed by atoms with Crippen LogP contribution in [-0.4, -0.2) is 26.1 Å². The zero-order valence-corrected chi connectivity index (χ0v) is 14.4. The Morgan fingerprint density at radius 3 is 2.71 bits per heavy atom. The summed E-state index contributed by atoms with van der Waals surface area (Å²) in [5, 5.41) is 3.37. The van der Waals surface area contributed by atoms with Gasteiger partial charge >= 0.3 is 0 Å². The van der Waals surface area contributed by atoms with Crippen LogP contribution in [0.5, 0.6) is 0 Å². The first-order valence-electron chi connectivity index (χ1n) is 7.20. The van der Waals surface area contributed by atoms with Crippen molar-refractivity contribution in [3.05, 3.63) is 35.2 Å². The molecule has 0 atom stereocenters. The summed E-state index contributed by atoms with van der Waals surface area (Å²) in [7, 11) is 0. The molecule has 0 saturated carbocycles. The third kappa shape index (κ3) is 5.12. The lowest BCUT2D eigenvalue weighted by molar-refractivity contribution is 0.544. The molecule has 6 heteroatoms. The maximum absolute atomic E-state index is 4.58. The van der Waals surface area contributed by atoms with E-state index in [1.54, 1.807) is 0 Å². The summed E-state index contributed by atoms with van der Waals surface area (Å²) < 4.78 is 2.92. The smallest absolute Gasteiger partial charge is 0.137 e. The van der Waals surface area contributed by atoms with Crippen molar-refractivity contribution >= 4 is 21.7 Å². The fourth-order valence-corrected chi connectivity index (χ4v) is 2.28. The van der Waals surface area contributed by atoms with Gasteiger partial charge in [-0.25, -0.2) is 15.0 Å². The number of anilines is 1. The standard InChI is InChI=1S/C15H22BrN5/c1-15(2,3)14-19-12(16)10-13(20-14)18-6-4-5-8-21-9-7-17-11-21/h7,9-11H,4-6,8H2,1-3H3,(H,18,19,20). The Balaban J connectivity index is 1.81. The molecule has 2 heterocycles. The van der Waals surface area contributed by atoms with E-state index in [0.717, 1.165) is 42.2 Å². The van der Waals surface area contributed by atoms with Gasteiger partial charge in [-0.05, 0) is 28.8 Å². The minimum absolute atomic E-state index is 0.0539. The number of imidazole rings is 1. The van der Waals surface area contributed by atoms with Crippen molar-refractivity contribution in [1.82, 2.24) is 19.5 Å². The lowest BCUT2D eigenvalue weighted by Gasteiger charge is -2.18. The monoisotopic (exact) mass is 351 g/mol. The van der Waals surface area contributed by atoms with Crippen molar-refractivity contribution in [2.45, 2.75) is 45.6 Å². The first kappa shape index (κ1) is 15.9. The SMILES string of the molecule is CC(C)(C)c1nc(Br)cc(NCCCCn2ccnc2)n1. The lowest BCUT2D eigenvalue weighted by atomic mass is 9.96. The molecule has 0 fully saturated rings. The predicted molar refractivity (Wildman–Crippen MR) is 88.4 cm³/mol. The lowest BCUT2D eigenvalue weighted by Crippen LogP contribution is -2.17. The molecule has 114 valence electrons. The van der Waals surface area contributed by atoms with E-state index in [-0.39, 0.29) is 5.41 Å². The molecule has 0 aliphatic rings. The van der Waals surface area contributed by atoms with Crippen molar-refractivity contribution in [1.29, 1.82) is 0 Å². The van der Waals surface area contributed by atoms with Gasteiger partial charge in [0.15, 0.2) is 0 Å². The molecule has 0 aromatic carbocycles. The summed E-state index contributed by atoms with van der Waals surface area (Å²) in [5.74, 6) is 1.72. The molecule has 2 rings (SSSR count). The molecular weight excluding hydrogens is 330 g/mol. The van der Waals surface area contributed by atoms with Gasteiger partial charge in [0.2, 0.25) is 0 Å². The second-order valence-electron chi connectivity index (χ2n) is 6.08. The Morgan fingerprint density at radius 2 is 2.05 bits per heavy atom. The molecule has 0 bridgehead atoms. The molecule has 21 heavy (non-hydrogen) atoms. The number of halogens is 1. The fourth-order valence-electron chi connectivity index (χ4n) is 1.90. The van der Waals surface area contributed by atoms with Gasteiger partial charge in [0.1, 0.15) is 16.2 Å². The number of nitrogens with zero attached hydrogens (tertiary/aromatic N) is 4. The largest absolute Gasteiger partial charge is 0.370 e. The molecule has 2 aromatic heterocycles. The van der Waals surface area contributed by atoms with Crippen LogP contribution in [0.25, 0.3) is 0 Å². The highest BCUT2D eigenvalue weighted by atomic mass is 79.9. The van der Waals surface area contributed by atoms with Crippen LogP contribution in [0, 0.1) is 0 Å². The number of rotatable bonds is 6. The van der Waals surface area contributed by atoms with Crippen LogP contribution in [0.3, 0.4) is 0 Å². The van der Waals surface area contributed by atoms with Crippen LogP contribution < -0.4 is 5.32 Å². The molecule has 0 amide bonds. The summed E-state index contributed by atoms with van der Waals surface area (Å²) in [6.45, 7) is 8.25. The number of hydrogen-bond acceptors (Lipinski definition) is 4. The number of hydrogen-bond donors (Lipinski definition) is 1.